The minimum Gasteiger partial charge on any atom is -0.507 e. The van der Waals surface area contributed by atoms with Gasteiger partial charge >= 0.3 is 0 Å². The van der Waals surface area contributed by atoms with Gasteiger partial charge in [0.25, 0.3) is 11.1 Å². The molecule has 1 aliphatic rings. The van der Waals surface area contributed by atoms with Gasteiger partial charge in [-0.3, -0.25) is 9.69 Å². The highest BCUT2D eigenvalue weighted by molar-refractivity contribution is 7.80. The van der Waals surface area contributed by atoms with E-state index in [0.29, 0.717) is 5.56 Å². The lowest BCUT2D eigenvalue weighted by molar-refractivity contribution is -0.122. The Morgan fingerprint density at radius 1 is 1.44 bits per heavy atom. The van der Waals surface area contributed by atoms with Crippen LogP contribution in [0.25, 0.3) is 6.08 Å². The van der Waals surface area contributed by atoms with E-state index in [4.69, 9.17) is 17.0 Å². The zero-order chi connectivity index (χ0) is 11.7. The molecule has 0 spiro atoms. The van der Waals surface area contributed by atoms with Gasteiger partial charge < -0.3 is 9.84 Å². The highest BCUT2D eigenvalue weighted by atomic mass is 32.1. The average Bonchev–Trinajstić information content (AvgIpc) is 2.50. The summed E-state index contributed by atoms with van der Waals surface area (Å²) in [6, 6.07) is 6.67. The predicted octanol–water partition coefficient (Wildman–Crippen LogP) is 1.51. The smallest absolute Gasteiger partial charge is 0.296 e. The van der Waals surface area contributed by atoms with E-state index in [1.54, 1.807) is 18.2 Å². The largest absolute Gasteiger partial charge is 0.507 e. The first-order valence-corrected chi connectivity index (χ1v) is 5.00. The van der Waals surface area contributed by atoms with E-state index in [2.05, 4.69) is 0 Å². The SMILES string of the molecule is CN1C(=O)/C(=C/c2ccccc2O)OC1=S. The summed E-state index contributed by atoms with van der Waals surface area (Å²) in [4.78, 5) is 12.8. The Bertz CT molecular complexity index is 496. The molecule has 1 aliphatic heterocycles. The number of phenols is 1. The van der Waals surface area contributed by atoms with E-state index < -0.39 is 0 Å². The van der Waals surface area contributed by atoms with Crippen molar-refractivity contribution >= 4 is 29.4 Å². The third kappa shape index (κ3) is 1.77. The fourth-order valence-electron chi connectivity index (χ4n) is 1.30. The number of rotatable bonds is 1. The fraction of sp³-hybridized carbons (Fsp3) is 0.0909. The molecule has 82 valence electrons. The van der Waals surface area contributed by atoms with Crippen molar-refractivity contribution in [1.82, 2.24) is 4.90 Å². The number of phenolic OH excluding ortho intramolecular Hbond substituents is 1. The molecule has 2 rings (SSSR count). The number of carbonyl (C=O) groups is 1. The van der Waals surface area contributed by atoms with Crippen LogP contribution in [0.3, 0.4) is 0 Å². The molecule has 0 unspecified atom stereocenters. The van der Waals surface area contributed by atoms with Crippen LogP contribution in [0, 0.1) is 0 Å². The van der Waals surface area contributed by atoms with E-state index in [9.17, 15) is 9.90 Å². The molecular weight excluding hydrogens is 226 g/mol. The molecule has 1 saturated heterocycles. The average molecular weight is 235 g/mol. The first kappa shape index (κ1) is 10.6. The summed E-state index contributed by atoms with van der Waals surface area (Å²) in [5, 5.41) is 9.65. The van der Waals surface area contributed by atoms with Crippen LogP contribution in [0.2, 0.25) is 0 Å². The molecule has 0 aromatic heterocycles. The van der Waals surface area contributed by atoms with E-state index in [1.807, 2.05) is 0 Å². The molecule has 1 heterocycles. The lowest BCUT2D eigenvalue weighted by Crippen LogP contribution is -2.22. The van der Waals surface area contributed by atoms with Gasteiger partial charge in [-0.05, 0) is 24.4 Å². The number of benzene rings is 1. The van der Waals surface area contributed by atoms with Crippen LogP contribution in [0.15, 0.2) is 30.0 Å². The number of thiocarbonyl (C=S) groups is 1. The van der Waals surface area contributed by atoms with Crippen LogP contribution in [-0.4, -0.2) is 28.1 Å². The number of amides is 1. The molecule has 4 nitrogen and oxygen atoms in total. The van der Waals surface area contributed by atoms with Crippen molar-refractivity contribution in [3.63, 3.8) is 0 Å². The number of para-hydroxylation sites is 1. The summed E-state index contributed by atoms with van der Waals surface area (Å²) in [5.41, 5.74) is 0.518. The van der Waals surface area contributed by atoms with Gasteiger partial charge in [-0.2, -0.15) is 0 Å². The molecular formula is C11H9NO3S. The van der Waals surface area contributed by atoms with E-state index in [0.717, 1.165) is 0 Å². The molecule has 0 saturated carbocycles. The maximum atomic E-state index is 11.6. The molecule has 0 bridgehead atoms. The van der Waals surface area contributed by atoms with Crippen LogP contribution >= 0.6 is 12.2 Å². The summed E-state index contributed by atoms with van der Waals surface area (Å²) in [5.74, 6) is -0.103. The molecule has 1 N–H and O–H groups in total. The summed E-state index contributed by atoms with van der Waals surface area (Å²) < 4.78 is 5.10. The van der Waals surface area contributed by atoms with E-state index in [1.165, 1.54) is 24.1 Å². The van der Waals surface area contributed by atoms with Gasteiger partial charge in [0, 0.05) is 12.6 Å². The maximum absolute atomic E-state index is 11.6. The molecule has 1 fully saturated rings. The molecule has 5 heteroatoms. The minimum absolute atomic E-state index is 0.0897. The van der Waals surface area contributed by atoms with E-state index in [-0.39, 0.29) is 22.6 Å². The Hall–Kier alpha value is -1.88. The summed E-state index contributed by atoms with van der Waals surface area (Å²) in [6.45, 7) is 0. The van der Waals surface area contributed by atoms with Gasteiger partial charge in [0.2, 0.25) is 0 Å². The molecule has 0 aliphatic carbocycles. The molecule has 1 aromatic rings. The van der Waals surface area contributed by atoms with Gasteiger partial charge in [-0.15, -0.1) is 0 Å². The van der Waals surface area contributed by atoms with Crippen molar-refractivity contribution in [2.24, 2.45) is 0 Å². The Morgan fingerprint density at radius 3 is 2.69 bits per heavy atom. The monoisotopic (exact) mass is 235 g/mol. The summed E-state index contributed by atoms with van der Waals surface area (Å²) in [6.07, 6.45) is 1.47. The number of hydrogen-bond donors (Lipinski definition) is 1. The number of aromatic hydroxyl groups is 1. The van der Waals surface area contributed by atoms with Crippen molar-refractivity contribution in [1.29, 1.82) is 0 Å². The maximum Gasteiger partial charge on any atom is 0.296 e. The van der Waals surface area contributed by atoms with Crippen molar-refractivity contribution in [3.05, 3.63) is 35.6 Å². The second-order valence-electron chi connectivity index (χ2n) is 3.30. The Morgan fingerprint density at radius 2 is 2.12 bits per heavy atom. The van der Waals surface area contributed by atoms with Crippen LogP contribution in [0.4, 0.5) is 0 Å². The van der Waals surface area contributed by atoms with Gasteiger partial charge in [-0.25, -0.2) is 0 Å². The number of hydrogen-bond acceptors (Lipinski definition) is 4. The molecule has 1 aromatic carbocycles. The lowest BCUT2D eigenvalue weighted by atomic mass is 10.2. The fourth-order valence-corrected chi connectivity index (χ4v) is 1.47. The second kappa shape index (κ2) is 3.94. The van der Waals surface area contributed by atoms with Crippen LogP contribution in [0.1, 0.15) is 5.56 Å². The van der Waals surface area contributed by atoms with Gasteiger partial charge in [0.05, 0.1) is 0 Å². The number of carbonyl (C=O) groups excluding carboxylic acids is 1. The van der Waals surface area contributed by atoms with E-state index >= 15 is 0 Å². The van der Waals surface area contributed by atoms with Gasteiger partial charge in [0.1, 0.15) is 5.75 Å². The summed E-state index contributed by atoms with van der Waals surface area (Å²) >= 11 is 4.82. The first-order valence-electron chi connectivity index (χ1n) is 4.59. The molecule has 16 heavy (non-hydrogen) atoms. The standard InChI is InChI=1S/C11H9NO3S/c1-12-10(14)9(15-11(12)16)6-7-4-2-3-5-8(7)13/h2-6,13H,1H3/b9-6-. The van der Waals surface area contributed by atoms with Crippen molar-refractivity contribution in [2.45, 2.75) is 0 Å². The summed E-state index contributed by atoms with van der Waals surface area (Å²) in [7, 11) is 1.54. The van der Waals surface area contributed by atoms with Crippen LogP contribution < -0.4 is 0 Å². The topological polar surface area (TPSA) is 49.8 Å². The normalized spacial score (nSPS) is 18.1. The number of ether oxygens (including phenoxy) is 1. The number of nitrogens with zero attached hydrogens (tertiary/aromatic N) is 1. The van der Waals surface area contributed by atoms with Crippen LogP contribution in [0.5, 0.6) is 5.75 Å². The highest BCUT2D eigenvalue weighted by Gasteiger charge is 2.30. The Balaban J connectivity index is 2.37. The number of likely N-dealkylation sites (N-methyl/N-ethyl adjacent to an activating group) is 1. The highest BCUT2D eigenvalue weighted by Crippen LogP contribution is 2.23. The lowest BCUT2D eigenvalue weighted by Gasteiger charge is -2.00. The third-order valence-corrected chi connectivity index (χ3v) is 2.57. The first-order chi connectivity index (χ1) is 7.59. The van der Waals surface area contributed by atoms with Gasteiger partial charge in [0.15, 0.2) is 5.76 Å². The van der Waals surface area contributed by atoms with Crippen molar-refractivity contribution in [2.75, 3.05) is 7.05 Å². The quantitative estimate of drug-likeness (QED) is 0.592. The van der Waals surface area contributed by atoms with Gasteiger partial charge in [-0.1, -0.05) is 18.2 Å². The molecule has 0 radical (unpaired) electrons. The third-order valence-electron chi connectivity index (χ3n) is 2.21. The predicted molar refractivity (Wildman–Crippen MR) is 62.5 cm³/mol. The zero-order valence-electron chi connectivity index (χ0n) is 8.51. The zero-order valence-corrected chi connectivity index (χ0v) is 9.32. The molecule has 0 atom stereocenters. The van der Waals surface area contributed by atoms with Crippen molar-refractivity contribution in [3.8, 4) is 5.75 Å². The van der Waals surface area contributed by atoms with Crippen LogP contribution in [-0.2, 0) is 9.53 Å². The minimum atomic E-state index is -0.312. The second-order valence-corrected chi connectivity index (χ2v) is 3.65. The Kier molecular flexibility index (Phi) is 2.62. The van der Waals surface area contributed by atoms with Crippen molar-refractivity contribution < 1.29 is 14.6 Å². The Labute approximate surface area is 97.7 Å². The molecule has 1 amide bonds.